The Morgan fingerprint density at radius 3 is 2.83 bits per heavy atom. The quantitative estimate of drug-likeness (QED) is 0.776. The third kappa shape index (κ3) is 2.64. The molecule has 5 nitrogen and oxygen atoms in total. The third-order valence-corrected chi connectivity index (χ3v) is 4.98. The maximum absolute atomic E-state index is 11.7. The van der Waals surface area contributed by atoms with Crippen molar-refractivity contribution in [2.24, 2.45) is 0 Å². The number of anilines is 1. The summed E-state index contributed by atoms with van der Waals surface area (Å²) in [5.41, 5.74) is 2.14. The van der Waals surface area contributed by atoms with E-state index in [1.165, 1.54) is 0 Å². The maximum atomic E-state index is 11.7. The monoisotopic (exact) mass is 344 g/mol. The molecule has 1 aliphatic heterocycles. The molecule has 0 aliphatic carbocycles. The van der Waals surface area contributed by atoms with E-state index in [-0.39, 0.29) is 5.91 Å². The van der Waals surface area contributed by atoms with Crippen molar-refractivity contribution in [3.8, 4) is 11.1 Å². The smallest absolute Gasteiger partial charge is 0.239 e. The van der Waals surface area contributed by atoms with E-state index >= 15 is 0 Å². The minimum absolute atomic E-state index is 0.0197. The van der Waals surface area contributed by atoms with E-state index in [4.69, 9.17) is 11.6 Å². The zero-order chi connectivity index (χ0) is 15.8. The number of aromatic nitrogens is 2. The SMILES string of the molecule is O=C1CN(c2ncnc3scc(-c4ccc(Cl)cc4)c23)CCN1. The van der Waals surface area contributed by atoms with Crippen molar-refractivity contribution in [2.45, 2.75) is 0 Å². The number of amides is 1. The summed E-state index contributed by atoms with van der Waals surface area (Å²) in [5, 5.41) is 6.62. The van der Waals surface area contributed by atoms with Gasteiger partial charge < -0.3 is 10.2 Å². The number of piperazine rings is 1. The molecule has 1 amide bonds. The lowest BCUT2D eigenvalue weighted by atomic mass is 10.1. The molecular weight excluding hydrogens is 332 g/mol. The number of benzene rings is 1. The number of carbonyl (C=O) groups is 1. The Kier molecular flexibility index (Phi) is 3.63. The molecular formula is C16H13ClN4OS. The van der Waals surface area contributed by atoms with E-state index in [2.05, 4.69) is 20.7 Å². The van der Waals surface area contributed by atoms with Gasteiger partial charge in [-0.2, -0.15) is 0 Å². The van der Waals surface area contributed by atoms with Crippen molar-refractivity contribution < 1.29 is 4.79 Å². The predicted octanol–water partition coefficient (Wildman–Crippen LogP) is 2.95. The minimum atomic E-state index is 0.0197. The number of hydrogen-bond acceptors (Lipinski definition) is 5. The molecule has 1 saturated heterocycles. The van der Waals surface area contributed by atoms with Gasteiger partial charge in [0, 0.05) is 29.1 Å². The molecule has 0 radical (unpaired) electrons. The topological polar surface area (TPSA) is 58.1 Å². The van der Waals surface area contributed by atoms with Crippen LogP contribution in [0.1, 0.15) is 0 Å². The molecule has 1 aromatic carbocycles. The van der Waals surface area contributed by atoms with Crippen LogP contribution < -0.4 is 10.2 Å². The van der Waals surface area contributed by atoms with E-state index in [0.29, 0.717) is 18.1 Å². The normalized spacial score (nSPS) is 15.0. The van der Waals surface area contributed by atoms with Gasteiger partial charge in [0.15, 0.2) is 0 Å². The molecule has 0 bridgehead atoms. The van der Waals surface area contributed by atoms with Crippen LogP contribution in [0.25, 0.3) is 21.3 Å². The fourth-order valence-electron chi connectivity index (χ4n) is 2.76. The Hall–Kier alpha value is -2.18. The Bertz CT molecular complexity index is 877. The summed E-state index contributed by atoms with van der Waals surface area (Å²) in [7, 11) is 0. The second kappa shape index (κ2) is 5.79. The van der Waals surface area contributed by atoms with Gasteiger partial charge in [-0.15, -0.1) is 11.3 Å². The first-order valence-corrected chi connectivity index (χ1v) is 8.48. The highest BCUT2D eigenvalue weighted by Crippen LogP contribution is 2.38. The average molecular weight is 345 g/mol. The lowest BCUT2D eigenvalue weighted by Crippen LogP contribution is -2.48. The van der Waals surface area contributed by atoms with Gasteiger partial charge in [0.2, 0.25) is 5.91 Å². The Balaban J connectivity index is 1.86. The molecule has 3 aromatic rings. The van der Waals surface area contributed by atoms with Crippen LogP contribution in [0.3, 0.4) is 0 Å². The highest BCUT2D eigenvalue weighted by molar-refractivity contribution is 7.17. The van der Waals surface area contributed by atoms with Gasteiger partial charge in [-0.25, -0.2) is 9.97 Å². The number of hydrogen-bond donors (Lipinski definition) is 1. The van der Waals surface area contributed by atoms with Gasteiger partial charge in [0.1, 0.15) is 17.0 Å². The highest BCUT2D eigenvalue weighted by atomic mass is 35.5. The molecule has 0 saturated carbocycles. The van der Waals surface area contributed by atoms with Crippen LogP contribution >= 0.6 is 22.9 Å². The summed E-state index contributed by atoms with van der Waals surface area (Å²) in [4.78, 5) is 23.5. The Labute approximate surface area is 141 Å². The van der Waals surface area contributed by atoms with Crippen LogP contribution in [-0.2, 0) is 4.79 Å². The summed E-state index contributed by atoms with van der Waals surface area (Å²) < 4.78 is 0. The number of rotatable bonds is 2. The van der Waals surface area contributed by atoms with Gasteiger partial charge in [-0.1, -0.05) is 23.7 Å². The van der Waals surface area contributed by atoms with Crippen molar-refractivity contribution in [1.82, 2.24) is 15.3 Å². The molecule has 1 N–H and O–H groups in total. The van der Waals surface area contributed by atoms with E-state index in [0.717, 1.165) is 33.7 Å². The first kappa shape index (κ1) is 14.4. The average Bonchev–Trinajstić information content (AvgIpc) is 3.00. The molecule has 1 aliphatic rings. The van der Waals surface area contributed by atoms with Crippen molar-refractivity contribution in [1.29, 1.82) is 0 Å². The summed E-state index contributed by atoms with van der Waals surface area (Å²) in [6.45, 7) is 1.69. The number of nitrogens with zero attached hydrogens (tertiary/aromatic N) is 3. The van der Waals surface area contributed by atoms with E-state index in [1.807, 2.05) is 29.2 Å². The van der Waals surface area contributed by atoms with Gasteiger partial charge in [-0.05, 0) is 17.7 Å². The predicted molar refractivity (Wildman–Crippen MR) is 93.1 cm³/mol. The zero-order valence-corrected chi connectivity index (χ0v) is 13.7. The summed E-state index contributed by atoms with van der Waals surface area (Å²) in [6, 6.07) is 7.73. The Morgan fingerprint density at radius 2 is 2.04 bits per heavy atom. The van der Waals surface area contributed by atoms with Crippen LogP contribution in [0.5, 0.6) is 0 Å². The number of carbonyl (C=O) groups excluding carboxylic acids is 1. The summed E-state index contributed by atoms with van der Waals surface area (Å²) in [6.07, 6.45) is 1.56. The summed E-state index contributed by atoms with van der Waals surface area (Å²) in [5.74, 6) is 0.835. The molecule has 4 rings (SSSR count). The molecule has 0 unspecified atom stereocenters. The molecule has 116 valence electrons. The van der Waals surface area contributed by atoms with Crippen LogP contribution in [0.4, 0.5) is 5.82 Å². The van der Waals surface area contributed by atoms with E-state index in [9.17, 15) is 4.79 Å². The van der Waals surface area contributed by atoms with Gasteiger partial charge in [0.25, 0.3) is 0 Å². The number of thiophene rings is 1. The molecule has 0 spiro atoms. The molecule has 2 aromatic heterocycles. The largest absolute Gasteiger partial charge is 0.353 e. The zero-order valence-electron chi connectivity index (χ0n) is 12.1. The lowest BCUT2D eigenvalue weighted by molar-refractivity contribution is -0.120. The first-order chi connectivity index (χ1) is 11.2. The van der Waals surface area contributed by atoms with Gasteiger partial charge >= 0.3 is 0 Å². The van der Waals surface area contributed by atoms with Crippen LogP contribution in [0.15, 0.2) is 36.0 Å². The number of nitrogens with one attached hydrogen (secondary N) is 1. The molecule has 23 heavy (non-hydrogen) atoms. The van der Waals surface area contributed by atoms with Gasteiger partial charge in [0.05, 0.1) is 11.9 Å². The minimum Gasteiger partial charge on any atom is -0.353 e. The number of fused-ring (bicyclic) bond motifs is 1. The fraction of sp³-hybridized carbons (Fsp3) is 0.188. The molecule has 3 heterocycles. The van der Waals surface area contributed by atoms with Crippen molar-refractivity contribution in [2.75, 3.05) is 24.5 Å². The lowest BCUT2D eigenvalue weighted by Gasteiger charge is -2.28. The number of halogens is 1. The van der Waals surface area contributed by atoms with Crippen molar-refractivity contribution >= 4 is 44.9 Å². The standard InChI is InChI=1S/C16H13ClN4OS/c17-11-3-1-10(2-4-11)12-8-23-16-14(12)15(19-9-20-16)21-6-5-18-13(22)7-21/h1-4,8-9H,5-7H2,(H,18,22). The van der Waals surface area contributed by atoms with Crippen molar-refractivity contribution in [3.63, 3.8) is 0 Å². The van der Waals surface area contributed by atoms with Crippen LogP contribution in [0.2, 0.25) is 5.02 Å². The maximum Gasteiger partial charge on any atom is 0.239 e. The van der Waals surface area contributed by atoms with Crippen molar-refractivity contribution in [3.05, 3.63) is 41.0 Å². The van der Waals surface area contributed by atoms with Crippen LogP contribution in [-0.4, -0.2) is 35.5 Å². The van der Waals surface area contributed by atoms with E-state index in [1.54, 1.807) is 17.7 Å². The second-order valence-corrected chi connectivity index (χ2v) is 6.60. The van der Waals surface area contributed by atoms with Gasteiger partial charge in [-0.3, -0.25) is 4.79 Å². The highest BCUT2D eigenvalue weighted by Gasteiger charge is 2.22. The third-order valence-electron chi connectivity index (χ3n) is 3.84. The summed E-state index contributed by atoms with van der Waals surface area (Å²) >= 11 is 7.57. The Morgan fingerprint density at radius 1 is 1.22 bits per heavy atom. The molecule has 1 fully saturated rings. The first-order valence-electron chi connectivity index (χ1n) is 7.22. The van der Waals surface area contributed by atoms with E-state index < -0.39 is 0 Å². The van der Waals surface area contributed by atoms with Crippen LogP contribution in [0, 0.1) is 0 Å². The molecule has 7 heteroatoms. The second-order valence-electron chi connectivity index (χ2n) is 5.31. The molecule has 0 atom stereocenters. The fourth-order valence-corrected chi connectivity index (χ4v) is 3.80.